The van der Waals surface area contributed by atoms with Crippen molar-refractivity contribution in [1.29, 1.82) is 0 Å². The minimum atomic E-state index is -0.0285. The molecule has 1 heterocycles. The maximum absolute atomic E-state index is 11.4. The molecule has 1 atom stereocenters. The molecule has 0 saturated carbocycles. The van der Waals surface area contributed by atoms with Crippen LogP contribution in [0.2, 0.25) is 0 Å². The fraction of sp³-hybridized carbons (Fsp3) is 0.667. The molecule has 0 saturated heterocycles. The van der Waals surface area contributed by atoms with Gasteiger partial charge < -0.3 is 4.74 Å². The highest BCUT2D eigenvalue weighted by atomic mass is 16.5. The molecule has 0 aromatic carbocycles. The van der Waals surface area contributed by atoms with Crippen molar-refractivity contribution in [3.05, 3.63) is 11.9 Å². The molecular formula is C9H15N3O2. The number of Topliss-reactive ketones (excluding diaryl/α,β-unsaturated/α-hetero) is 1. The van der Waals surface area contributed by atoms with Gasteiger partial charge in [-0.3, -0.25) is 9.48 Å². The minimum Gasteiger partial charge on any atom is -0.381 e. The third kappa shape index (κ3) is 3.26. The second-order valence-corrected chi connectivity index (χ2v) is 3.35. The molecule has 0 fully saturated rings. The summed E-state index contributed by atoms with van der Waals surface area (Å²) in [5, 5.41) is 7.59. The predicted octanol–water partition coefficient (Wildman–Crippen LogP) is 0.352. The van der Waals surface area contributed by atoms with Crippen LogP contribution in [0.15, 0.2) is 6.20 Å². The van der Waals surface area contributed by atoms with Crippen LogP contribution in [0.25, 0.3) is 0 Å². The van der Waals surface area contributed by atoms with E-state index in [1.807, 2.05) is 6.92 Å². The highest BCUT2D eigenvalue weighted by Crippen LogP contribution is 2.01. The maximum atomic E-state index is 11.4. The van der Waals surface area contributed by atoms with E-state index in [0.717, 1.165) is 0 Å². The zero-order chi connectivity index (χ0) is 10.6. The maximum Gasteiger partial charge on any atom is 0.141 e. The van der Waals surface area contributed by atoms with Crippen LogP contribution in [0.5, 0.6) is 0 Å². The number of carbonyl (C=O) groups is 1. The van der Waals surface area contributed by atoms with E-state index in [-0.39, 0.29) is 11.9 Å². The molecule has 1 aromatic rings. The van der Waals surface area contributed by atoms with Gasteiger partial charge in [0.1, 0.15) is 5.78 Å². The number of ketones is 1. The lowest BCUT2D eigenvalue weighted by Gasteiger charge is -2.06. The van der Waals surface area contributed by atoms with E-state index in [9.17, 15) is 4.79 Å². The first kappa shape index (κ1) is 10.8. The lowest BCUT2D eigenvalue weighted by molar-refractivity contribution is -0.120. The monoisotopic (exact) mass is 197 g/mol. The Labute approximate surface area is 83.1 Å². The van der Waals surface area contributed by atoms with E-state index in [0.29, 0.717) is 18.5 Å². The van der Waals surface area contributed by atoms with Gasteiger partial charge in [0.15, 0.2) is 0 Å². The first-order valence-electron chi connectivity index (χ1n) is 4.51. The summed E-state index contributed by atoms with van der Waals surface area (Å²) in [5.74, 6) is 0.125. The molecule has 1 unspecified atom stereocenters. The number of hydrogen-bond donors (Lipinski definition) is 0. The first-order chi connectivity index (χ1) is 6.61. The fourth-order valence-electron chi connectivity index (χ4n) is 1.15. The van der Waals surface area contributed by atoms with E-state index in [4.69, 9.17) is 4.74 Å². The van der Waals surface area contributed by atoms with Crippen LogP contribution in [0.4, 0.5) is 0 Å². The third-order valence-corrected chi connectivity index (χ3v) is 1.95. The summed E-state index contributed by atoms with van der Waals surface area (Å²) in [6.45, 7) is 1.87. The molecule has 0 N–H and O–H groups in total. The molecule has 0 spiro atoms. The topological polar surface area (TPSA) is 57.0 Å². The van der Waals surface area contributed by atoms with E-state index >= 15 is 0 Å². The SMILES string of the molecule is COC(C)CC(=O)Cc1cn(C)nn1. The van der Waals surface area contributed by atoms with Crippen molar-refractivity contribution < 1.29 is 9.53 Å². The number of aromatic nitrogens is 3. The standard InChI is InChI=1S/C9H15N3O2/c1-7(14-3)4-9(13)5-8-6-12(2)11-10-8/h6-7H,4-5H2,1-3H3. The summed E-state index contributed by atoms with van der Waals surface area (Å²) < 4.78 is 6.59. The van der Waals surface area contributed by atoms with E-state index in [1.165, 1.54) is 0 Å². The smallest absolute Gasteiger partial charge is 0.141 e. The van der Waals surface area contributed by atoms with E-state index < -0.39 is 0 Å². The van der Waals surface area contributed by atoms with Crippen LogP contribution in [0, 0.1) is 0 Å². The fourth-order valence-corrected chi connectivity index (χ4v) is 1.15. The Hall–Kier alpha value is -1.23. The van der Waals surface area contributed by atoms with Crippen LogP contribution < -0.4 is 0 Å². The number of nitrogens with zero attached hydrogens (tertiary/aromatic N) is 3. The highest BCUT2D eigenvalue weighted by molar-refractivity contribution is 5.80. The van der Waals surface area contributed by atoms with Crippen molar-refractivity contribution in [3.63, 3.8) is 0 Å². The molecule has 0 aliphatic heterocycles. The Morgan fingerprint density at radius 2 is 2.43 bits per heavy atom. The lowest BCUT2D eigenvalue weighted by atomic mass is 10.1. The Kier molecular flexibility index (Phi) is 3.76. The average Bonchev–Trinajstić information content (AvgIpc) is 2.50. The van der Waals surface area contributed by atoms with Crippen LogP contribution in [0.3, 0.4) is 0 Å². The number of ether oxygens (including phenoxy) is 1. The van der Waals surface area contributed by atoms with Gasteiger partial charge in [-0.1, -0.05) is 5.21 Å². The molecule has 5 nitrogen and oxygen atoms in total. The number of rotatable bonds is 5. The zero-order valence-corrected chi connectivity index (χ0v) is 8.73. The van der Waals surface area contributed by atoms with Gasteiger partial charge in [0.25, 0.3) is 0 Å². The van der Waals surface area contributed by atoms with Crippen molar-refractivity contribution in [1.82, 2.24) is 15.0 Å². The second kappa shape index (κ2) is 4.85. The van der Waals surface area contributed by atoms with E-state index in [2.05, 4.69) is 10.3 Å². The van der Waals surface area contributed by atoms with Gasteiger partial charge in [0.2, 0.25) is 0 Å². The summed E-state index contributed by atoms with van der Waals surface area (Å²) in [4.78, 5) is 11.4. The zero-order valence-electron chi connectivity index (χ0n) is 8.73. The van der Waals surface area contributed by atoms with Crippen LogP contribution in [-0.4, -0.2) is 34.0 Å². The van der Waals surface area contributed by atoms with Crippen molar-refractivity contribution in [2.75, 3.05) is 7.11 Å². The van der Waals surface area contributed by atoms with Gasteiger partial charge in [0.05, 0.1) is 18.2 Å². The van der Waals surface area contributed by atoms with Crippen molar-refractivity contribution >= 4 is 5.78 Å². The molecule has 5 heteroatoms. The van der Waals surface area contributed by atoms with Crippen LogP contribution >= 0.6 is 0 Å². The highest BCUT2D eigenvalue weighted by Gasteiger charge is 2.10. The molecule has 0 radical (unpaired) electrons. The number of methoxy groups -OCH3 is 1. The molecule has 0 aliphatic rings. The summed E-state index contributed by atoms with van der Waals surface area (Å²) in [6.07, 6.45) is 2.48. The molecule has 1 rings (SSSR count). The molecular weight excluding hydrogens is 182 g/mol. The summed E-state index contributed by atoms with van der Waals surface area (Å²) in [5.41, 5.74) is 0.709. The summed E-state index contributed by atoms with van der Waals surface area (Å²) in [7, 11) is 3.37. The Morgan fingerprint density at radius 1 is 1.71 bits per heavy atom. The predicted molar refractivity (Wildman–Crippen MR) is 50.8 cm³/mol. The van der Waals surface area contributed by atoms with Gasteiger partial charge in [-0.2, -0.15) is 0 Å². The van der Waals surface area contributed by atoms with Gasteiger partial charge >= 0.3 is 0 Å². The number of aryl methyl sites for hydroxylation is 1. The molecule has 0 aliphatic carbocycles. The number of hydrogen-bond acceptors (Lipinski definition) is 4. The van der Waals surface area contributed by atoms with Gasteiger partial charge in [-0.25, -0.2) is 0 Å². The van der Waals surface area contributed by atoms with Crippen LogP contribution in [0.1, 0.15) is 19.0 Å². The van der Waals surface area contributed by atoms with Gasteiger partial charge in [0, 0.05) is 26.8 Å². The Bertz CT molecular complexity index is 309. The molecule has 0 bridgehead atoms. The summed E-state index contributed by atoms with van der Waals surface area (Å²) in [6, 6.07) is 0. The molecule has 14 heavy (non-hydrogen) atoms. The Morgan fingerprint density at radius 3 is 2.93 bits per heavy atom. The quantitative estimate of drug-likeness (QED) is 0.683. The molecule has 78 valence electrons. The van der Waals surface area contributed by atoms with Crippen molar-refractivity contribution in [2.24, 2.45) is 7.05 Å². The van der Waals surface area contributed by atoms with E-state index in [1.54, 1.807) is 25.0 Å². The Balaban J connectivity index is 2.41. The van der Waals surface area contributed by atoms with Gasteiger partial charge in [-0.15, -0.1) is 5.10 Å². The third-order valence-electron chi connectivity index (χ3n) is 1.95. The normalized spacial score (nSPS) is 12.8. The summed E-state index contributed by atoms with van der Waals surface area (Å²) >= 11 is 0. The number of carbonyl (C=O) groups excluding carboxylic acids is 1. The lowest BCUT2D eigenvalue weighted by Crippen LogP contribution is -2.14. The largest absolute Gasteiger partial charge is 0.381 e. The van der Waals surface area contributed by atoms with Crippen molar-refractivity contribution in [3.8, 4) is 0 Å². The first-order valence-corrected chi connectivity index (χ1v) is 4.51. The molecule has 1 aromatic heterocycles. The molecule has 0 amide bonds. The minimum absolute atomic E-state index is 0.0285. The van der Waals surface area contributed by atoms with Crippen LogP contribution in [-0.2, 0) is 23.0 Å². The second-order valence-electron chi connectivity index (χ2n) is 3.35. The van der Waals surface area contributed by atoms with Gasteiger partial charge in [-0.05, 0) is 6.92 Å². The average molecular weight is 197 g/mol. The van der Waals surface area contributed by atoms with Crippen molar-refractivity contribution in [2.45, 2.75) is 25.9 Å².